The minimum Gasteiger partial charge on any atom is -0.364 e. The van der Waals surface area contributed by atoms with Gasteiger partial charge in [0, 0.05) is 24.2 Å². The summed E-state index contributed by atoms with van der Waals surface area (Å²) in [6.45, 7) is 1.92. The van der Waals surface area contributed by atoms with Crippen molar-refractivity contribution < 1.29 is 9.18 Å². The lowest BCUT2D eigenvalue weighted by Crippen LogP contribution is -2.28. The zero-order chi connectivity index (χ0) is 17.1. The lowest BCUT2D eigenvalue weighted by atomic mass is 10.2. The number of pyridine rings is 1. The number of amides is 1. The van der Waals surface area contributed by atoms with Gasteiger partial charge in [0.25, 0.3) is 5.91 Å². The normalized spacial score (nSPS) is 10.6. The van der Waals surface area contributed by atoms with Crippen LogP contribution in [0.15, 0.2) is 53.6 Å². The van der Waals surface area contributed by atoms with Gasteiger partial charge in [-0.2, -0.15) is 5.10 Å². The number of nitrogens with zero attached hydrogens (tertiary/aromatic N) is 2. The second-order valence-corrected chi connectivity index (χ2v) is 5.30. The van der Waals surface area contributed by atoms with Crippen LogP contribution in [0.5, 0.6) is 0 Å². The van der Waals surface area contributed by atoms with E-state index in [0.29, 0.717) is 17.1 Å². The first-order valence-corrected chi connectivity index (χ1v) is 7.31. The molecule has 0 saturated carbocycles. The maximum Gasteiger partial charge on any atom is 0.257 e. The Morgan fingerprint density at radius 3 is 2.75 bits per heavy atom. The van der Waals surface area contributed by atoms with Gasteiger partial charge >= 0.3 is 0 Å². The molecule has 2 heterocycles. The standard InChI is InChI=1S/C17H15FN4O2/c1-11-8-16(23)15(10-19-11)17(24)20-9-13-6-7-22(21-13)14-4-2-12(18)3-5-14/h2-8,10H,9H2,1H3,(H,19,23)(H,20,24). The van der Waals surface area contributed by atoms with Crippen molar-refractivity contribution in [2.75, 3.05) is 0 Å². The van der Waals surface area contributed by atoms with Gasteiger partial charge in [0.15, 0.2) is 5.43 Å². The summed E-state index contributed by atoms with van der Waals surface area (Å²) in [4.78, 5) is 26.7. The molecule has 0 spiro atoms. The smallest absolute Gasteiger partial charge is 0.257 e. The Hall–Kier alpha value is -3.22. The van der Waals surface area contributed by atoms with E-state index in [1.165, 1.54) is 24.4 Å². The average molecular weight is 326 g/mol. The highest BCUT2D eigenvalue weighted by atomic mass is 19.1. The van der Waals surface area contributed by atoms with Crippen LogP contribution in [-0.4, -0.2) is 20.7 Å². The summed E-state index contributed by atoms with van der Waals surface area (Å²) in [5.41, 5.74) is 1.74. The summed E-state index contributed by atoms with van der Waals surface area (Å²) in [6.07, 6.45) is 3.11. The molecule has 3 rings (SSSR count). The molecule has 0 aliphatic rings. The van der Waals surface area contributed by atoms with Crippen molar-refractivity contribution in [1.29, 1.82) is 0 Å². The van der Waals surface area contributed by atoms with Gasteiger partial charge in [0.1, 0.15) is 11.4 Å². The minimum atomic E-state index is -0.465. The van der Waals surface area contributed by atoms with E-state index in [2.05, 4.69) is 15.4 Å². The summed E-state index contributed by atoms with van der Waals surface area (Å²) in [5.74, 6) is -0.783. The summed E-state index contributed by atoms with van der Waals surface area (Å²) in [7, 11) is 0. The van der Waals surface area contributed by atoms with Crippen LogP contribution in [0.4, 0.5) is 4.39 Å². The van der Waals surface area contributed by atoms with Crippen molar-refractivity contribution in [2.45, 2.75) is 13.5 Å². The number of aryl methyl sites for hydroxylation is 1. The topological polar surface area (TPSA) is 79.8 Å². The van der Waals surface area contributed by atoms with Gasteiger partial charge in [0.05, 0.1) is 17.9 Å². The number of nitrogens with one attached hydrogen (secondary N) is 2. The molecule has 1 aromatic carbocycles. The maximum atomic E-state index is 12.9. The van der Waals surface area contributed by atoms with Crippen molar-refractivity contribution in [3.8, 4) is 5.69 Å². The fourth-order valence-electron chi connectivity index (χ4n) is 2.21. The van der Waals surface area contributed by atoms with Crippen molar-refractivity contribution in [1.82, 2.24) is 20.1 Å². The van der Waals surface area contributed by atoms with E-state index in [1.807, 2.05) is 0 Å². The molecular weight excluding hydrogens is 311 g/mol. The number of halogens is 1. The third-order valence-corrected chi connectivity index (χ3v) is 3.47. The van der Waals surface area contributed by atoms with Gasteiger partial charge in [-0.15, -0.1) is 0 Å². The SMILES string of the molecule is Cc1cc(=O)c(C(=O)NCc2ccn(-c3ccc(F)cc3)n2)c[nH]1. The fraction of sp³-hybridized carbons (Fsp3) is 0.118. The second-order valence-electron chi connectivity index (χ2n) is 5.30. The van der Waals surface area contributed by atoms with Crippen molar-refractivity contribution in [2.24, 2.45) is 0 Å². The summed E-state index contributed by atoms with van der Waals surface area (Å²) in [5, 5.41) is 6.96. The second kappa shape index (κ2) is 6.49. The lowest BCUT2D eigenvalue weighted by molar-refractivity contribution is 0.0949. The number of H-pyrrole nitrogens is 1. The van der Waals surface area contributed by atoms with E-state index in [1.54, 1.807) is 36.0 Å². The quantitative estimate of drug-likeness (QED) is 0.769. The third-order valence-electron chi connectivity index (χ3n) is 3.47. The lowest BCUT2D eigenvalue weighted by Gasteiger charge is -2.04. The van der Waals surface area contributed by atoms with Gasteiger partial charge in [-0.3, -0.25) is 9.59 Å². The average Bonchev–Trinajstić information content (AvgIpc) is 3.02. The number of carbonyl (C=O) groups is 1. The number of benzene rings is 1. The third kappa shape index (κ3) is 3.40. The van der Waals surface area contributed by atoms with Gasteiger partial charge < -0.3 is 10.3 Å². The Balaban J connectivity index is 1.68. The summed E-state index contributed by atoms with van der Waals surface area (Å²) in [6, 6.07) is 9.03. The molecule has 2 aromatic heterocycles. The Kier molecular flexibility index (Phi) is 4.24. The fourth-order valence-corrected chi connectivity index (χ4v) is 2.21. The Labute approximate surface area is 137 Å². The molecule has 1 amide bonds. The number of aromatic amines is 1. The van der Waals surface area contributed by atoms with Crippen LogP contribution in [0.3, 0.4) is 0 Å². The summed E-state index contributed by atoms with van der Waals surface area (Å²) < 4.78 is 14.5. The number of rotatable bonds is 4. The zero-order valence-electron chi connectivity index (χ0n) is 12.9. The van der Waals surface area contributed by atoms with Crippen molar-refractivity contribution >= 4 is 5.91 Å². The highest BCUT2D eigenvalue weighted by Crippen LogP contribution is 2.09. The highest BCUT2D eigenvalue weighted by Gasteiger charge is 2.10. The molecule has 122 valence electrons. The van der Waals surface area contributed by atoms with Crippen LogP contribution in [0.25, 0.3) is 5.69 Å². The van der Waals surface area contributed by atoms with Crippen LogP contribution in [0, 0.1) is 12.7 Å². The molecule has 3 aromatic rings. The molecule has 0 atom stereocenters. The molecule has 0 unspecified atom stereocenters. The molecule has 0 fully saturated rings. The van der Waals surface area contributed by atoms with Gasteiger partial charge in [0.2, 0.25) is 0 Å². The van der Waals surface area contributed by atoms with Gasteiger partial charge in [-0.25, -0.2) is 9.07 Å². The molecule has 0 aliphatic heterocycles. The molecular formula is C17H15FN4O2. The van der Waals surface area contributed by atoms with Crippen molar-refractivity contribution in [3.63, 3.8) is 0 Å². The molecule has 0 bridgehead atoms. The van der Waals surface area contributed by atoms with Crippen molar-refractivity contribution in [3.05, 3.63) is 81.8 Å². The number of hydrogen-bond acceptors (Lipinski definition) is 3. The predicted octanol–water partition coefficient (Wildman–Crippen LogP) is 1.94. The van der Waals surface area contributed by atoms with Crippen LogP contribution < -0.4 is 10.7 Å². The van der Waals surface area contributed by atoms with Gasteiger partial charge in [-0.1, -0.05) is 0 Å². The molecule has 0 saturated heterocycles. The number of hydrogen-bond donors (Lipinski definition) is 2. The van der Waals surface area contributed by atoms with E-state index in [0.717, 1.165) is 0 Å². The van der Waals surface area contributed by atoms with Crippen LogP contribution in [-0.2, 0) is 6.54 Å². The molecule has 2 N–H and O–H groups in total. The number of carbonyl (C=O) groups excluding carboxylic acids is 1. The first-order chi connectivity index (χ1) is 11.5. The Bertz CT molecular complexity index is 928. The number of aromatic nitrogens is 3. The predicted molar refractivity (Wildman–Crippen MR) is 86.5 cm³/mol. The molecule has 6 nitrogen and oxygen atoms in total. The van der Waals surface area contributed by atoms with Gasteiger partial charge in [-0.05, 0) is 37.3 Å². The maximum absolute atomic E-state index is 12.9. The van der Waals surface area contributed by atoms with E-state index < -0.39 is 5.91 Å². The monoisotopic (exact) mass is 326 g/mol. The van der Waals surface area contributed by atoms with E-state index >= 15 is 0 Å². The van der Waals surface area contributed by atoms with E-state index in [9.17, 15) is 14.0 Å². The molecule has 7 heteroatoms. The first-order valence-electron chi connectivity index (χ1n) is 7.31. The van der Waals surface area contributed by atoms with Crippen LogP contribution >= 0.6 is 0 Å². The molecule has 24 heavy (non-hydrogen) atoms. The largest absolute Gasteiger partial charge is 0.364 e. The Morgan fingerprint density at radius 1 is 1.29 bits per heavy atom. The Morgan fingerprint density at radius 2 is 2.04 bits per heavy atom. The van der Waals surface area contributed by atoms with Crippen LogP contribution in [0.2, 0.25) is 0 Å². The first kappa shape index (κ1) is 15.7. The highest BCUT2D eigenvalue weighted by molar-refractivity contribution is 5.93. The summed E-state index contributed by atoms with van der Waals surface area (Å²) >= 11 is 0. The van der Waals surface area contributed by atoms with E-state index in [4.69, 9.17) is 0 Å². The molecule has 0 radical (unpaired) electrons. The van der Waals surface area contributed by atoms with Crippen LogP contribution in [0.1, 0.15) is 21.7 Å². The zero-order valence-corrected chi connectivity index (χ0v) is 12.9. The van der Waals surface area contributed by atoms with E-state index in [-0.39, 0.29) is 23.4 Å². The minimum absolute atomic E-state index is 0.0542. The molecule has 0 aliphatic carbocycles.